The van der Waals surface area contributed by atoms with Crippen LogP contribution >= 0.6 is 0 Å². The number of hydrogen-bond donors (Lipinski definition) is 0. The molecule has 0 aliphatic carbocycles. The smallest absolute Gasteiger partial charge is 0.126 e. The van der Waals surface area contributed by atoms with Crippen LogP contribution in [0.3, 0.4) is 0 Å². The van der Waals surface area contributed by atoms with Crippen molar-refractivity contribution >= 4 is 0 Å². The molecule has 1 aliphatic heterocycles. The fourth-order valence-electron chi connectivity index (χ4n) is 1.38. The number of benzene rings is 1. The maximum atomic E-state index is 5.40. The normalized spacial score (nSPS) is 20.9. The van der Waals surface area contributed by atoms with Gasteiger partial charge in [0.1, 0.15) is 6.10 Å². The lowest BCUT2D eigenvalue weighted by Gasteiger charge is -2.09. The molecule has 1 nitrogen and oxygen atoms in total. The van der Waals surface area contributed by atoms with Crippen LogP contribution in [0.15, 0.2) is 36.6 Å². The summed E-state index contributed by atoms with van der Waals surface area (Å²) in [5.41, 5.74) is 2.57. The molecule has 12 heavy (non-hydrogen) atoms. The van der Waals surface area contributed by atoms with Gasteiger partial charge in [0.25, 0.3) is 0 Å². The van der Waals surface area contributed by atoms with Crippen molar-refractivity contribution in [2.75, 3.05) is 0 Å². The van der Waals surface area contributed by atoms with Crippen molar-refractivity contribution in [3.05, 3.63) is 47.7 Å². The van der Waals surface area contributed by atoms with Crippen LogP contribution in [0.2, 0.25) is 0 Å². The first-order chi connectivity index (χ1) is 5.86. The molecular formula is C11H12O. The second kappa shape index (κ2) is 3.02. The van der Waals surface area contributed by atoms with Gasteiger partial charge in [0.2, 0.25) is 0 Å². The standard InChI is InChI=1S/C11H12O/c1-9-4-6-10(7-5-9)11-3-2-8-12-11/h2,4-8,11H,3H2,1H3/t11-/m0/s1. The fraction of sp³-hybridized carbons (Fsp3) is 0.273. The molecular weight excluding hydrogens is 148 g/mol. The topological polar surface area (TPSA) is 9.23 Å². The summed E-state index contributed by atoms with van der Waals surface area (Å²) in [5, 5.41) is 0. The van der Waals surface area contributed by atoms with Gasteiger partial charge >= 0.3 is 0 Å². The van der Waals surface area contributed by atoms with Crippen molar-refractivity contribution in [1.29, 1.82) is 0 Å². The summed E-state index contributed by atoms with van der Waals surface area (Å²) in [4.78, 5) is 0. The van der Waals surface area contributed by atoms with Crippen molar-refractivity contribution < 1.29 is 4.74 Å². The van der Waals surface area contributed by atoms with Crippen LogP contribution in [0.4, 0.5) is 0 Å². The third-order valence-corrected chi connectivity index (χ3v) is 2.14. The van der Waals surface area contributed by atoms with E-state index in [1.165, 1.54) is 11.1 Å². The molecule has 0 amide bonds. The van der Waals surface area contributed by atoms with E-state index in [2.05, 4.69) is 37.3 Å². The Morgan fingerprint density at radius 1 is 1.25 bits per heavy atom. The van der Waals surface area contributed by atoms with E-state index in [1.807, 2.05) is 0 Å². The molecule has 0 bridgehead atoms. The molecule has 0 radical (unpaired) electrons. The number of ether oxygens (including phenoxy) is 1. The van der Waals surface area contributed by atoms with Crippen LogP contribution in [0, 0.1) is 6.92 Å². The summed E-state index contributed by atoms with van der Waals surface area (Å²) in [6.45, 7) is 2.09. The van der Waals surface area contributed by atoms with E-state index in [0.29, 0.717) is 0 Å². The molecule has 0 saturated heterocycles. The van der Waals surface area contributed by atoms with Crippen LogP contribution in [-0.2, 0) is 4.74 Å². The first-order valence-corrected chi connectivity index (χ1v) is 4.23. The second-order valence-corrected chi connectivity index (χ2v) is 3.14. The summed E-state index contributed by atoms with van der Waals surface area (Å²) in [5.74, 6) is 0. The zero-order valence-corrected chi connectivity index (χ0v) is 7.16. The first kappa shape index (κ1) is 7.41. The maximum Gasteiger partial charge on any atom is 0.126 e. The third kappa shape index (κ3) is 1.35. The molecule has 1 aromatic carbocycles. The summed E-state index contributed by atoms with van der Waals surface area (Å²) in [7, 11) is 0. The Kier molecular flexibility index (Phi) is 1.86. The number of aryl methyl sites for hydroxylation is 1. The SMILES string of the molecule is Cc1ccc([C@@H]2CC=CO2)cc1. The minimum Gasteiger partial charge on any atom is -0.493 e. The van der Waals surface area contributed by atoms with Crippen molar-refractivity contribution in [3.8, 4) is 0 Å². The first-order valence-electron chi connectivity index (χ1n) is 4.23. The Bertz CT molecular complexity index is 276. The second-order valence-electron chi connectivity index (χ2n) is 3.14. The summed E-state index contributed by atoms with van der Waals surface area (Å²) < 4.78 is 5.40. The van der Waals surface area contributed by atoms with Crippen LogP contribution in [0.25, 0.3) is 0 Å². The van der Waals surface area contributed by atoms with Crippen molar-refractivity contribution in [1.82, 2.24) is 0 Å². The van der Waals surface area contributed by atoms with Gasteiger partial charge in [0.15, 0.2) is 0 Å². The molecule has 0 N–H and O–H groups in total. The maximum absolute atomic E-state index is 5.40. The lowest BCUT2D eigenvalue weighted by Crippen LogP contribution is -1.94. The highest BCUT2D eigenvalue weighted by atomic mass is 16.5. The highest BCUT2D eigenvalue weighted by Crippen LogP contribution is 2.26. The molecule has 0 fully saturated rings. The summed E-state index contributed by atoms with van der Waals surface area (Å²) in [6, 6.07) is 8.51. The Labute approximate surface area is 72.7 Å². The van der Waals surface area contributed by atoms with E-state index in [0.717, 1.165) is 6.42 Å². The van der Waals surface area contributed by atoms with Crippen molar-refractivity contribution in [3.63, 3.8) is 0 Å². The van der Waals surface area contributed by atoms with Gasteiger partial charge in [-0.05, 0) is 18.6 Å². The minimum absolute atomic E-state index is 0.255. The van der Waals surface area contributed by atoms with E-state index in [-0.39, 0.29) is 6.10 Å². The lowest BCUT2D eigenvalue weighted by atomic mass is 10.1. The predicted octanol–water partition coefficient (Wildman–Crippen LogP) is 2.97. The van der Waals surface area contributed by atoms with E-state index in [4.69, 9.17) is 4.74 Å². The number of rotatable bonds is 1. The van der Waals surface area contributed by atoms with Gasteiger partial charge in [-0.25, -0.2) is 0 Å². The minimum atomic E-state index is 0.255. The molecule has 0 saturated carbocycles. The van der Waals surface area contributed by atoms with Crippen LogP contribution < -0.4 is 0 Å². The zero-order valence-electron chi connectivity index (χ0n) is 7.16. The molecule has 1 atom stereocenters. The lowest BCUT2D eigenvalue weighted by molar-refractivity contribution is 0.173. The largest absolute Gasteiger partial charge is 0.493 e. The van der Waals surface area contributed by atoms with E-state index in [9.17, 15) is 0 Å². The fourth-order valence-corrected chi connectivity index (χ4v) is 1.38. The Morgan fingerprint density at radius 3 is 2.58 bits per heavy atom. The summed E-state index contributed by atoms with van der Waals surface area (Å²) >= 11 is 0. The monoisotopic (exact) mass is 160 g/mol. The summed E-state index contributed by atoms with van der Waals surface area (Å²) in [6.07, 6.45) is 5.10. The zero-order chi connectivity index (χ0) is 8.39. The molecule has 0 aromatic heterocycles. The van der Waals surface area contributed by atoms with Gasteiger partial charge in [0.05, 0.1) is 6.26 Å². The molecule has 1 heteroatoms. The van der Waals surface area contributed by atoms with Gasteiger partial charge in [-0.2, -0.15) is 0 Å². The Hall–Kier alpha value is -1.24. The van der Waals surface area contributed by atoms with Crippen molar-refractivity contribution in [2.45, 2.75) is 19.4 Å². The highest BCUT2D eigenvalue weighted by molar-refractivity contribution is 5.24. The molecule has 2 rings (SSSR count). The van der Waals surface area contributed by atoms with Crippen molar-refractivity contribution in [2.24, 2.45) is 0 Å². The van der Waals surface area contributed by atoms with Crippen LogP contribution in [0.1, 0.15) is 23.7 Å². The third-order valence-electron chi connectivity index (χ3n) is 2.14. The van der Waals surface area contributed by atoms with Gasteiger partial charge in [-0.1, -0.05) is 29.8 Å². The molecule has 0 unspecified atom stereocenters. The highest BCUT2D eigenvalue weighted by Gasteiger charge is 2.12. The average molecular weight is 160 g/mol. The van der Waals surface area contributed by atoms with Crippen LogP contribution in [-0.4, -0.2) is 0 Å². The van der Waals surface area contributed by atoms with E-state index >= 15 is 0 Å². The molecule has 62 valence electrons. The average Bonchev–Trinajstić information content (AvgIpc) is 2.58. The van der Waals surface area contributed by atoms with Gasteiger partial charge < -0.3 is 4.74 Å². The Morgan fingerprint density at radius 2 is 2.00 bits per heavy atom. The number of hydrogen-bond acceptors (Lipinski definition) is 1. The molecule has 1 aromatic rings. The van der Waals surface area contributed by atoms with Gasteiger partial charge in [-0.15, -0.1) is 0 Å². The molecule has 1 heterocycles. The predicted molar refractivity (Wildman–Crippen MR) is 48.8 cm³/mol. The molecule has 1 aliphatic rings. The Balaban J connectivity index is 2.18. The molecule has 0 spiro atoms. The van der Waals surface area contributed by atoms with E-state index in [1.54, 1.807) is 6.26 Å². The quantitative estimate of drug-likeness (QED) is 0.613. The van der Waals surface area contributed by atoms with Gasteiger partial charge in [-0.3, -0.25) is 0 Å². The van der Waals surface area contributed by atoms with Gasteiger partial charge in [0, 0.05) is 6.42 Å². The van der Waals surface area contributed by atoms with E-state index < -0.39 is 0 Å². The van der Waals surface area contributed by atoms with Crippen LogP contribution in [0.5, 0.6) is 0 Å².